The molecule has 1 aromatic rings. The summed E-state index contributed by atoms with van der Waals surface area (Å²) in [5.74, 6) is 0.373. The minimum absolute atomic E-state index is 0.0604. The first-order chi connectivity index (χ1) is 8.58. The number of carbonyl (C=O) groups is 1. The third-order valence-electron chi connectivity index (χ3n) is 2.24. The number of methoxy groups -OCH3 is 1. The number of nitrogens with one attached hydrogen (secondary N) is 2. The molecule has 1 aromatic heterocycles. The maximum Gasteiger partial charge on any atom is 0.253 e. The minimum Gasteiger partial charge on any atom is -0.383 e. The maximum atomic E-state index is 11.9. The molecule has 0 radical (unpaired) electrons. The third-order valence-corrected chi connectivity index (χ3v) is 2.53. The van der Waals surface area contributed by atoms with E-state index in [2.05, 4.69) is 15.6 Å². The smallest absolute Gasteiger partial charge is 0.253 e. The Morgan fingerprint density at radius 1 is 1.61 bits per heavy atom. The van der Waals surface area contributed by atoms with Crippen LogP contribution in [-0.4, -0.2) is 37.2 Å². The molecular formula is C12H18ClN3O2. The van der Waals surface area contributed by atoms with Crippen LogP contribution in [0.2, 0.25) is 5.02 Å². The van der Waals surface area contributed by atoms with Crippen LogP contribution in [0, 0.1) is 0 Å². The first kappa shape index (κ1) is 14.7. The van der Waals surface area contributed by atoms with E-state index in [4.69, 9.17) is 16.3 Å². The van der Waals surface area contributed by atoms with Crippen molar-refractivity contribution in [2.24, 2.45) is 0 Å². The van der Waals surface area contributed by atoms with Crippen molar-refractivity contribution in [3.05, 3.63) is 22.8 Å². The fourth-order valence-corrected chi connectivity index (χ4v) is 1.69. The summed E-state index contributed by atoms with van der Waals surface area (Å²) in [5.41, 5.74) is 0.435. The number of rotatable bonds is 6. The van der Waals surface area contributed by atoms with Crippen LogP contribution in [-0.2, 0) is 4.74 Å². The monoisotopic (exact) mass is 271 g/mol. The van der Waals surface area contributed by atoms with Crippen molar-refractivity contribution in [2.75, 3.05) is 25.6 Å². The van der Waals surface area contributed by atoms with Gasteiger partial charge in [-0.05, 0) is 19.9 Å². The second kappa shape index (κ2) is 7.18. The van der Waals surface area contributed by atoms with E-state index in [1.807, 2.05) is 13.8 Å². The second-order valence-electron chi connectivity index (χ2n) is 3.91. The van der Waals surface area contributed by atoms with Crippen molar-refractivity contribution in [1.82, 2.24) is 10.3 Å². The summed E-state index contributed by atoms with van der Waals surface area (Å²) in [5, 5.41) is 6.24. The fraction of sp³-hybridized carbons (Fsp3) is 0.500. The van der Waals surface area contributed by atoms with Gasteiger partial charge in [0, 0.05) is 25.9 Å². The molecule has 1 unspecified atom stereocenters. The topological polar surface area (TPSA) is 63.2 Å². The molecule has 1 atom stereocenters. The molecular weight excluding hydrogens is 254 g/mol. The standard InChI is InChI=1S/C12H18ClN3O2/c1-4-14-11-10(13)5-9(6-15-11)12(17)16-8(2)7-18-3/h5-6,8H,4,7H2,1-3H3,(H,14,15)(H,16,17). The van der Waals surface area contributed by atoms with E-state index < -0.39 is 0 Å². The zero-order valence-electron chi connectivity index (χ0n) is 10.8. The lowest BCUT2D eigenvalue weighted by molar-refractivity contribution is 0.0905. The number of hydrogen-bond donors (Lipinski definition) is 2. The largest absolute Gasteiger partial charge is 0.383 e. The van der Waals surface area contributed by atoms with E-state index in [1.165, 1.54) is 6.20 Å². The molecule has 0 saturated carbocycles. The van der Waals surface area contributed by atoms with Crippen molar-refractivity contribution in [3.8, 4) is 0 Å². The molecule has 0 saturated heterocycles. The number of carbonyl (C=O) groups excluding carboxylic acids is 1. The Kier molecular flexibility index (Phi) is 5.88. The van der Waals surface area contributed by atoms with Crippen LogP contribution in [0.5, 0.6) is 0 Å². The van der Waals surface area contributed by atoms with Gasteiger partial charge in [0.1, 0.15) is 5.82 Å². The molecule has 1 heterocycles. The van der Waals surface area contributed by atoms with Gasteiger partial charge < -0.3 is 15.4 Å². The van der Waals surface area contributed by atoms with Gasteiger partial charge in [-0.15, -0.1) is 0 Å². The van der Waals surface area contributed by atoms with Gasteiger partial charge in [0.15, 0.2) is 0 Å². The summed E-state index contributed by atoms with van der Waals surface area (Å²) in [6.45, 7) is 5.00. The molecule has 0 fully saturated rings. The summed E-state index contributed by atoms with van der Waals surface area (Å²) < 4.78 is 4.95. The Morgan fingerprint density at radius 3 is 2.89 bits per heavy atom. The molecule has 2 N–H and O–H groups in total. The van der Waals surface area contributed by atoms with Gasteiger partial charge in [0.2, 0.25) is 0 Å². The van der Waals surface area contributed by atoms with Crippen LogP contribution in [0.15, 0.2) is 12.3 Å². The van der Waals surface area contributed by atoms with Crippen molar-refractivity contribution >= 4 is 23.3 Å². The molecule has 6 heteroatoms. The Bertz CT molecular complexity index is 412. The molecule has 0 aliphatic rings. The Balaban J connectivity index is 2.72. The number of pyridine rings is 1. The highest BCUT2D eigenvalue weighted by molar-refractivity contribution is 6.33. The average molecular weight is 272 g/mol. The summed E-state index contributed by atoms with van der Waals surface area (Å²) in [6.07, 6.45) is 1.50. The van der Waals surface area contributed by atoms with Gasteiger partial charge in [-0.2, -0.15) is 0 Å². The molecule has 0 aliphatic carbocycles. The number of hydrogen-bond acceptors (Lipinski definition) is 4. The molecule has 100 valence electrons. The number of aromatic nitrogens is 1. The van der Waals surface area contributed by atoms with E-state index in [0.29, 0.717) is 23.0 Å². The molecule has 0 bridgehead atoms. The van der Waals surface area contributed by atoms with Gasteiger partial charge in [0.05, 0.1) is 17.2 Å². The Hall–Kier alpha value is -1.33. The van der Waals surface area contributed by atoms with Crippen molar-refractivity contribution in [2.45, 2.75) is 19.9 Å². The molecule has 0 aromatic carbocycles. The summed E-state index contributed by atoms with van der Waals surface area (Å²) in [4.78, 5) is 16.0. The quantitative estimate of drug-likeness (QED) is 0.830. The molecule has 0 aliphatic heterocycles. The van der Waals surface area contributed by atoms with Crippen LogP contribution in [0.4, 0.5) is 5.82 Å². The Labute approximate surface area is 112 Å². The van der Waals surface area contributed by atoms with Crippen LogP contribution in [0.25, 0.3) is 0 Å². The summed E-state index contributed by atoms with van der Waals surface area (Å²) in [6, 6.07) is 1.54. The number of ether oxygens (including phenoxy) is 1. The lowest BCUT2D eigenvalue weighted by atomic mass is 10.2. The first-order valence-electron chi connectivity index (χ1n) is 5.77. The third kappa shape index (κ3) is 4.16. The van der Waals surface area contributed by atoms with Crippen molar-refractivity contribution < 1.29 is 9.53 Å². The predicted molar refractivity (Wildman–Crippen MR) is 72.2 cm³/mol. The van der Waals surface area contributed by atoms with E-state index in [1.54, 1.807) is 13.2 Å². The normalized spacial score (nSPS) is 12.0. The van der Waals surface area contributed by atoms with E-state index in [9.17, 15) is 4.79 Å². The fourth-order valence-electron chi connectivity index (χ4n) is 1.46. The van der Waals surface area contributed by atoms with Crippen LogP contribution >= 0.6 is 11.6 Å². The molecule has 0 spiro atoms. The average Bonchev–Trinajstić information content (AvgIpc) is 2.32. The van der Waals surface area contributed by atoms with E-state index in [-0.39, 0.29) is 11.9 Å². The van der Waals surface area contributed by atoms with Crippen LogP contribution < -0.4 is 10.6 Å². The highest BCUT2D eigenvalue weighted by Gasteiger charge is 2.12. The zero-order valence-corrected chi connectivity index (χ0v) is 11.5. The minimum atomic E-state index is -0.211. The van der Waals surface area contributed by atoms with E-state index >= 15 is 0 Å². The lowest BCUT2D eigenvalue weighted by Crippen LogP contribution is -2.35. The number of halogens is 1. The zero-order chi connectivity index (χ0) is 13.5. The lowest BCUT2D eigenvalue weighted by Gasteiger charge is -2.13. The van der Waals surface area contributed by atoms with E-state index in [0.717, 1.165) is 6.54 Å². The second-order valence-corrected chi connectivity index (χ2v) is 4.32. The number of amides is 1. The van der Waals surface area contributed by atoms with Gasteiger partial charge in [-0.25, -0.2) is 4.98 Å². The highest BCUT2D eigenvalue weighted by Crippen LogP contribution is 2.19. The maximum absolute atomic E-state index is 11.9. The summed E-state index contributed by atoms with van der Waals surface area (Å²) in [7, 11) is 1.59. The SMILES string of the molecule is CCNc1ncc(C(=O)NC(C)COC)cc1Cl. The van der Waals surface area contributed by atoms with Crippen molar-refractivity contribution in [1.29, 1.82) is 0 Å². The Morgan fingerprint density at radius 2 is 2.33 bits per heavy atom. The molecule has 1 rings (SSSR count). The number of anilines is 1. The first-order valence-corrected chi connectivity index (χ1v) is 6.15. The van der Waals surface area contributed by atoms with Gasteiger partial charge in [-0.1, -0.05) is 11.6 Å². The van der Waals surface area contributed by atoms with Crippen LogP contribution in [0.3, 0.4) is 0 Å². The van der Waals surface area contributed by atoms with Crippen LogP contribution in [0.1, 0.15) is 24.2 Å². The highest BCUT2D eigenvalue weighted by atomic mass is 35.5. The molecule has 5 nitrogen and oxygen atoms in total. The molecule has 18 heavy (non-hydrogen) atoms. The van der Waals surface area contributed by atoms with Crippen molar-refractivity contribution in [3.63, 3.8) is 0 Å². The van der Waals surface area contributed by atoms with Gasteiger partial charge in [0.25, 0.3) is 5.91 Å². The number of nitrogens with zero attached hydrogens (tertiary/aromatic N) is 1. The molecule has 1 amide bonds. The summed E-state index contributed by atoms with van der Waals surface area (Å²) >= 11 is 6.02. The van der Waals surface area contributed by atoms with Gasteiger partial charge >= 0.3 is 0 Å². The van der Waals surface area contributed by atoms with Gasteiger partial charge in [-0.3, -0.25) is 4.79 Å². The predicted octanol–water partition coefficient (Wildman–Crippen LogP) is 1.93.